The van der Waals surface area contributed by atoms with Gasteiger partial charge in [-0.15, -0.1) is 0 Å². The number of aryl methyl sites for hydroxylation is 1. The topological polar surface area (TPSA) is 127 Å². The lowest BCUT2D eigenvalue weighted by molar-refractivity contribution is -0.384. The molecule has 3 aromatic rings. The first-order chi connectivity index (χ1) is 15.2. The third-order valence-electron chi connectivity index (χ3n) is 4.45. The molecule has 0 saturated heterocycles. The monoisotopic (exact) mass is 455 g/mol. The first-order valence-corrected chi connectivity index (χ1v) is 9.71. The summed E-state index contributed by atoms with van der Waals surface area (Å²) in [5.41, 5.74) is -0.501. The number of nitro groups is 1. The second kappa shape index (κ2) is 9.40. The van der Waals surface area contributed by atoms with Crippen molar-refractivity contribution in [1.82, 2.24) is 14.7 Å². The van der Waals surface area contributed by atoms with Crippen LogP contribution in [0.1, 0.15) is 16.2 Å². The maximum absolute atomic E-state index is 12.8. The molecular formula is C21H18ClN5O5. The zero-order valence-corrected chi connectivity index (χ0v) is 17.9. The van der Waals surface area contributed by atoms with Crippen LogP contribution in [-0.4, -0.2) is 45.0 Å². The largest absolute Gasteiger partial charge is 0.331 e. The summed E-state index contributed by atoms with van der Waals surface area (Å²) in [5, 5.41) is 18.5. The van der Waals surface area contributed by atoms with E-state index in [1.165, 1.54) is 25.2 Å². The van der Waals surface area contributed by atoms with Crippen LogP contribution in [0.25, 0.3) is 5.69 Å². The van der Waals surface area contributed by atoms with Gasteiger partial charge in [0.1, 0.15) is 5.69 Å². The van der Waals surface area contributed by atoms with Crippen molar-refractivity contribution in [2.75, 3.05) is 18.9 Å². The van der Waals surface area contributed by atoms with Crippen molar-refractivity contribution in [2.24, 2.45) is 0 Å². The van der Waals surface area contributed by atoms with Gasteiger partial charge < -0.3 is 10.2 Å². The zero-order chi connectivity index (χ0) is 23.4. The van der Waals surface area contributed by atoms with E-state index in [1.807, 2.05) is 0 Å². The fourth-order valence-electron chi connectivity index (χ4n) is 2.97. The second-order valence-corrected chi connectivity index (χ2v) is 7.31. The van der Waals surface area contributed by atoms with Gasteiger partial charge in [-0.25, -0.2) is 4.68 Å². The van der Waals surface area contributed by atoms with E-state index in [1.54, 1.807) is 37.3 Å². The highest BCUT2D eigenvalue weighted by Gasteiger charge is 2.23. The molecule has 164 valence electrons. The third-order valence-corrected chi connectivity index (χ3v) is 4.69. The van der Waals surface area contributed by atoms with Crippen molar-refractivity contribution in [3.63, 3.8) is 0 Å². The van der Waals surface area contributed by atoms with Gasteiger partial charge in [0.25, 0.3) is 11.6 Å². The number of carbonyl (C=O) groups is 2. The molecule has 0 fully saturated rings. The van der Waals surface area contributed by atoms with Gasteiger partial charge in [-0.1, -0.05) is 29.8 Å². The number of carbonyl (C=O) groups excluding carboxylic acids is 2. The normalized spacial score (nSPS) is 10.5. The van der Waals surface area contributed by atoms with Crippen molar-refractivity contribution in [2.45, 2.75) is 6.92 Å². The summed E-state index contributed by atoms with van der Waals surface area (Å²) in [6.07, 6.45) is 0. The number of nitrogens with zero attached hydrogens (tertiary/aromatic N) is 4. The fourth-order valence-corrected chi connectivity index (χ4v) is 3.16. The summed E-state index contributed by atoms with van der Waals surface area (Å²) >= 11 is 5.89. The summed E-state index contributed by atoms with van der Waals surface area (Å²) in [7, 11) is 1.34. The molecule has 1 aromatic heterocycles. The van der Waals surface area contributed by atoms with Gasteiger partial charge in [0.05, 0.1) is 11.5 Å². The van der Waals surface area contributed by atoms with Crippen molar-refractivity contribution in [1.29, 1.82) is 0 Å². The Labute approximate surface area is 187 Å². The quantitative estimate of drug-likeness (QED) is 0.449. The average Bonchev–Trinajstić information content (AvgIpc) is 2.73. The number of hydrogen-bond donors (Lipinski definition) is 1. The molecule has 1 heterocycles. The fraction of sp³-hybridized carbons (Fsp3) is 0.143. The molecule has 0 aliphatic rings. The Hall–Kier alpha value is -4.05. The first kappa shape index (κ1) is 22.6. The van der Waals surface area contributed by atoms with E-state index in [0.717, 1.165) is 15.6 Å². The molecule has 3 rings (SSSR count). The molecule has 2 amide bonds. The smallest absolute Gasteiger partial charge is 0.294 e. The third kappa shape index (κ3) is 4.98. The van der Waals surface area contributed by atoms with Gasteiger partial charge in [0, 0.05) is 35.6 Å². The number of halogens is 1. The molecule has 0 aliphatic carbocycles. The van der Waals surface area contributed by atoms with Crippen LogP contribution in [-0.2, 0) is 4.79 Å². The lowest BCUT2D eigenvalue weighted by atomic mass is 10.2. The molecule has 0 saturated carbocycles. The van der Waals surface area contributed by atoms with E-state index < -0.39 is 27.9 Å². The van der Waals surface area contributed by atoms with Crippen LogP contribution in [0.3, 0.4) is 0 Å². The molecule has 0 aliphatic heterocycles. The summed E-state index contributed by atoms with van der Waals surface area (Å²) in [6.45, 7) is 1.19. The number of nitro benzene ring substituents is 1. The van der Waals surface area contributed by atoms with E-state index in [9.17, 15) is 24.5 Å². The Balaban J connectivity index is 1.87. The van der Waals surface area contributed by atoms with Crippen molar-refractivity contribution >= 4 is 34.8 Å². The Morgan fingerprint density at radius 1 is 1.19 bits per heavy atom. The number of benzene rings is 2. The number of anilines is 1. The van der Waals surface area contributed by atoms with Gasteiger partial charge in [-0.3, -0.25) is 24.5 Å². The van der Waals surface area contributed by atoms with E-state index >= 15 is 0 Å². The molecule has 0 bridgehead atoms. The van der Waals surface area contributed by atoms with Crippen molar-refractivity contribution in [3.05, 3.63) is 91.3 Å². The summed E-state index contributed by atoms with van der Waals surface area (Å²) in [4.78, 5) is 49.4. The molecule has 1 N–H and O–H groups in total. The predicted molar refractivity (Wildman–Crippen MR) is 118 cm³/mol. The predicted octanol–water partition coefficient (Wildman–Crippen LogP) is 2.81. The van der Waals surface area contributed by atoms with Crippen LogP contribution in [0.4, 0.5) is 11.4 Å². The number of hydrogen-bond acceptors (Lipinski definition) is 6. The molecule has 0 radical (unpaired) electrons. The highest BCUT2D eigenvalue weighted by atomic mass is 35.5. The first-order valence-electron chi connectivity index (χ1n) is 9.33. The van der Waals surface area contributed by atoms with Crippen LogP contribution >= 0.6 is 11.6 Å². The number of rotatable bonds is 6. The van der Waals surface area contributed by atoms with Gasteiger partial charge >= 0.3 is 0 Å². The van der Waals surface area contributed by atoms with Gasteiger partial charge in [0.15, 0.2) is 5.69 Å². The Morgan fingerprint density at radius 3 is 2.59 bits per heavy atom. The van der Waals surface area contributed by atoms with E-state index in [0.29, 0.717) is 16.4 Å². The Bertz CT molecular complexity index is 1270. The summed E-state index contributed by atoms with van der Waals surface area (Å²) < 4.78 is 1.16. The van der Waals surface area contributed by atoms with Crippen LogP contribution < -0.4 is 10.7 Å². The SMILES string of the molecule is Cc1cc(=O)c(C(=O)N(C)CC(=O)Nc2cccc(Cl)c2)nn1-c1ccccc1[N+](=O)[O-]. The Kier molecular flexibility index (Phi) is 6.64. The molecule has 11 heteroatoms. The average molecular weight is 456 g/mol. The minimum Gasteiger partial charge on any atom is -0.331 e. The zero-order valence-electron chi connectivity index (χ0n) is 17.1. The lowest BCUT2D eigenvalue weighted by Gasteiger charge is -2.17. The highest BCUT2D eigenvalue weighted by Crippen LogP contribution is 2.22. The molecule has 0 unspecified atom stereocenters. The number of para-hydroxylation sites is 2. The number of likely N-dealkylation sites (N-methyl/N-ethyl adjacent to an activating group) is 1. The van der Waals surface area contributed by atoms with Gasteiger partial charge in [0.2, 0.25) is 11.3 Å². The molecular weight excluding hydrogens is 438 g/mol. The van der Waals surface area contributed by atoms with Gasteiger partial charge in [-0.2, -0.15) is 5.10 Å². The molecule has 10 nitrogen and oxygen atoms in total. The van der Waals surface area contributed by atoms with Crippen LogP contribution in [0, 0.1) is 17.0 Å². The number of amides is 2. The van der Waals surface area contributed by atoms with Crippen molar-refractivity contribution in [3.8, 4) is 5.69 Å². The number of aromatic nitrogens is 2. The van der Waals surface area contributed by atoms with Crippen LogP contribution in [0.2, 0.25) is 5.02 Å². The van der Waals surface area contributed by atoms with E-state index in [-0.39, 0.29) is 17.9 Å². The Morgan fingerprint density at radius 2 is 1.91 bits per heavy atom. The lowest BCUT2D eigenvalue weighted by Crippen LogP contribution is -2.38. The number of nitrogens with one attached hydrogen (secondary N) is 1. The minimum atomic E-state index is -0.802. The minimum absolute atomic E-state index is 0.102. The maximum atomic E-state index is 12.8. The van der Waals surface area contributed by atoms with Crippen LogP contribution in [0.5, 0.6) is 0 Å². The second-order valence-electron chi connectivity index (χ2n) is 6.88. The van der Waals surface area contributed by atoms with Crippen LogP contribution in [0.15, 0.2) is 59.4 Å². The molecule has 0 atom stereocenters. The van der Waals surface area contributed by atoms with E-state index in [4.69, 9.17) is 11.6 Å². The van der Waals surface area contributed by atoms with Crippen molar-refractivity contribution < 1.29 is 14.5 Å². The molecule has 32 heavy (non-hydrogen) atoms. The van der Waals surface area contributed by atoms with E-state index in [2.05, 4.69) is 10.4 Å². The highest BCUT2D eigenvalue weighted by molar-refractivity contribution is 6.30. The summed E-state index contributed by atoms with van der Waals surface area (Å²) in [5.74, 6) is -1.31. The standard InChI is InChI=1S/C21H18ClN5O5/c1-13-10-18(28)20(24-26(13)16-8-3-4-9-17(16)27(31)32)21(30)25(2)12-19(29)23-15-7-5-6-14(22)11-15/h3-11H,12H2,1-2H3,(H,23,29). The summed E-state index contributed by atoms with van der Waals surface area (Å²) in [6, 6.07) is 13.5. The molecule has 2 aromatic carbocycles. The van der Waals surface area contributed by atoms with Gasteiger partial charge in [-0.05, 0) is 31.2 Å². The molecule has 0 spiro atoms. The maximum Gasteiger partial charge on any atom is 0.294 e.